The molecule has 2 N–H and O–H groups in total. The molecule has 1 aromatic carbocycles. The number of rotatable bonds is 7. The summed E-state index contributed by atoms with van der Waals surface area (Å²) >= 11 is 1.59. The van der Waals surface area contributed by atoms with E-state index in [1.54, 1.807) is 25.3 Å². The number of nitrogens with zero attached hydrogens (tertiary/aromatic N) is 3. The maximum Gasteiger partial charge on any atom is 0.245 e. The molecular formula is C25H32N4O5S. The number of hydrogen-bond donors (Lipinski definition) is 2. The van der Waals surface area contributed by atoms with Crippen LogP contribution in [0, 0.1) is 12.3 Å². The van der Waals surface area contributed by atoms with E-state index in [1.807, 2.05) is 43.6 Å². The first-order valence-electron chi connectivity index (χ1n) is 11.7. The predicted octanol–water partition coefficient (Wildman–Crippen LogP) is 1.58. The molecule has 0 radical (unpaired) electrons. The third-order valence-corrected chi connectivity index (χ3v) is 7.89. The van der Waals surface area contributed by atoms with Gasteiger partial charge in [0.05, 0.1) is 40.8 Å². The highest BCUT2D eigenvalue weighted by atomic mass is 32.1. The van der Waals surface area contributed by atoms with Crippen molar-refractivity contribution in [3.63, 3.8) is 0 Å². The Morgan fingerprint density at radius 3 is 2.57 bits per heavy atom. The lowest BCUT2D eigenvalue weighted by Crippen LogP contribution is -2.58. The smallest absolute Gasteiger partial charge is 0.245 e. The van der Waals surface area contributed by atoms with Gasteiger partial charge in [-0.25, -0.2) is 4.98 Å². The quantitative estimate of drug-likeness (QED) is 0.597. The first-order chi connectivity index (χ1) is 16.6. The summed E-state index contributed by atoms with van der Waals surface area (Å²) in [6, 6.07) is 6.36. The maximum atomic E-state index is 13.2. The molecule has 2 aliphatic rings. The number of benzene rings is 1. The molecule has 0 saturated carbocycles. The van der Waals surface area contributed by atoms with E-state index in [4.69, 9.17) is 4.74 Å². The van der Waals surface area contributed by atoms with E-state index in [1.165, 1.54) is 9.80 Å². The topological polar surface area (TPSA) is 112 Å². The van der Waals surface area contributed by atoms with Crippen LogP contribution in [0.3, 0.4) is 0 Å². The third-order valence-electron chi connectivity index (χ3n) is 6.91. The fourth-order valence-electron chi connectivity index (χ4n) is 4.50. The number of nitrogens with one attached hydrogen (secondary N) is 1. The van der Waals surface area contributed by atoms with Crippen LogP contribution in [0.15, 0.2) is 29.8 Å². The van der Waals surface area contributed by atoms with Crippen LogP contribution in [-0.4, -0.2) is 82.6 Å². The van der Waals surface area contributed by atoms with Gasteiger partial charge in [0.2, 0.25) is 17.7 Å². The molecule has 4 rings (SSSR count). The molecule has 0 aliphatic carbocycles. The molecule has 3 amide bonds. The van der Waals surface area contributed by atoms with Gasteiger partial charge in [-0.1, -0.05) is 24.3 Å². The summed E-state index contributed by atoms with van der Waals surface area (Å²) in [4.78, 5) is 47.3. The normalized spacial score (nSPS) is 21.8. The van der Waals surface area contributed by atoms with Crippen LogP contribution >= 0.6 is 11.3 Å². The van der Waals surface area contributed by atoms with Crippen LogP contribution < -0.4 is 5.32 Å². The Kier molecular flexibility index (Phi) is 7.25. The molecule has 2 saturated heterocycles. The largest absolute Gasteiger partial charge is 0.391 e. The van der Waals surface area contributed by atoms with Gasteiger partial charge in [-0.2, -0.15) is 0 Å². The molecule has 0 bridgehead atoms. The van der Waals surface area contributed by atoms with Gasteiger partial charge in [0, 0.05) is 26.6 Å². The van der Waals surface area contributed by atoms with E-state index in [-0.39, 0.29) is 30.7 Å². The Hall–Kier alpha value is -2.82. The average Bonchev–Trinajstić information content (AvgIpc) is 3.44. The number of amides is 3. The summed E-state index contributed by atoms with van der Waals surface area (Å²) in [6.45, 7) is 6.46. The Morgan fingerprint density at radius 1 is 1.31 bits per heavy atom. The van der Waals surface area contributed by atoms with Crippen LogP contribution in [-0.2, 0) is 25.7 Å². The van der Waals surface area contributed by atoms with Crippen molar-refractivity contribution in [1.82, 2.24) is 20.1 Å². The lowest BCUT2D eigenvalue weighted by Gasteiger charge is -2.41. The number of aliphatic hydroxyl groups excluding tert-OH is 1. The molecule has 3 unspecified atom stereocenters. The van der Waals surface area contributed by atoms with Gasteiger partial charge in [0.25, 0.3) is 0 Å². The van der Waals surface area contributed by atoms with Gasteiger partial charge >= 0.3 is 0 Å². The first-order valence-corrected chi connectivity index (χ1v) is 12.6. The number of aromatic nitrogens is 1. The Morgan fingerprint density at radius 2 is 2.00 bits per heavy atom. The minimum atomic E-state index is -0.789. The second kappa shape index (κ2) is 10.0. The Balaban J connectivity index is 1.37. The Bertz CT molecular complexity index is 1100. The molecule has 3 atom stereocenters. The van der Waals surface area contributed by atoms with Gasteiger partial charge in [-0.15, -0.1) is 11.3 Å². The van der Waals surface area contributed by atoms with Crippen LogP contribution in [0.1, 0.15) is 31.5 Å². The number of ether oxygens (including phenoxy) is 1. The third kappa shape index (κ3) is 5.10. The second-order valence-electron chi connectivity index (χ2n) is 9.72. The van der Waals surface area contributed by atoms with E-state index < -0.39 is 23.6 Å². The molecule has 9 nitrogen and oxygen atoms in total. The summed E-state index contributed by atoms with van der Waals surface area (Å²) in [5.41, 5.74) is 4.18. The monoisotopic (exact) mass is 500 g/mol. The molecule has 2 aromatic rings. The fraction of sp³-hybridized carbons (Fsp3) is 0.520. The summed E-state index contributed by atoms with van der Waals surface area (Å²) in [6.07, 6.45) is -0.626. The second-order valence-corrected chi connectivity index (χ2v) is 10.6. The van der Waals surface area contributed by atoms with Gasteiger partial charge < -0.3 is 25.0 Å². The van der Waals surface area contributed by atoms with E-state index in [0.29, 0.717) is 19.8 Å². The zero-order valence-corrected chi connectivity index (χ0v) is 21.3. The molecule has 188 valence electrons. The number of thiazole rings is 1. The van der Waals surface area contributed by atoms with E-state index in [9.17, 15) is 19.5 Å². The van der Waals surface area contributed by atoms with Crippen LogP contribution in [0.4, 0.5) is 0 Å². The summed E-state index contributed by atoms with van der Waals surface area (Å²) in [5, 5.41) is 13.1. The minimum absolute atomic E-state index is 0.0621. The summed E-state index contributed by atoms with van der Waals surface area (Å²) < 4.78 is 5.17. The highest BCUT2D eigenvalue weighted by Gasteiger charge is 2.46. The number of β-amino-alcohol motifs (C(OH)–C–C–N with tert-alkyl or cyclic N) is 1. The number of carbonyl (C=O) groups is 3. The lowest BCUT2D eigenvalue weighted by molar-refractivity contribution is -0.171. The number of aliphatic hydroxyl groups is 1. The van der Waals surface area contributed by atoms with E-state index in [0.717, 1.165) is 21.7 Å². The summed E-state index contributed by atoms with van der Waals surface area (Å²) in [5.74, 6) is -0.842. The number of likely N-dealkylation sites (N-methyl/N-ethyl adjacent to an activating group) is 1. The molecular weight excluding hydrogens is 468 g/mol. The van der Waals surface area contributed by atoms with Crippen LogP contribution in [0.2, 0.25) is 0 Å². The standard InChI is InChI=1S/C25H32N4O5S/c1-15-21(35-14-27-15)18-7-5-17(6-8-18)10-26-22(31)20-9-19(30)11-29(20)23(32)16(2)28(4)24(33)25(3)12-34-13-25/h5-8,14,16,19-20,30H,9-13H2,1-4H3,(H,26,31). The fourth-order valence-corrected chi connectivity index (χ4v) is 5.32. The van der Waals surface area contributed by atoms with E-state index in [2.05, 4.69) is 10.3 Å². The first kappa shape index (κ1) is 25.3. The number of likely N-dealkylation sites (tertiary alicyclic amines) is 1. The number of hydrogen-bond acceptors (Lipinski definition) is 7. The van der Waals surface area contributed by atoms with Gasteiger partial charge in [0.1, 0.15) is 12.1 Å². The SMILES string of the molecule is Cc1ncsc1-c1ccc(CNC(=O)C2CC(O)CN2C(=O)C(C)N(C)C(=O)C2(C)COC2)cc1. The van der Waals surface area contributed by atoms with Crippen LogP contribution in [0.5, 0.6) is 0 Å². The van der Waals surface area contributed by atoms with Gasteiger partial charge in [-0.3, -0.25) is 14.4 Å². The highest BCUT2D eigenvalue weighted by molar-refractivity contribution is 7.13. The highest BCUT2D eigenvalue weighted by Crippen LogP contribution is 2.30. The van der Waals surface area contributed by atoms with Crippen molar-refractivity contribution in [3.8, 4) is 10.4 Å². The molecule has 0 spiro atoms. The van der Waals surface area contributed by atoms with Crippen molar-refractivity contribution in [2.45, 2.75) is 51.9 Å². The van der Waals surface area contributed by atoms with Crippen molar-refractivity contribution in [2.75, 3.05) is 26.8 Å². The summed E-state index contributed by atoms with van der Waals surface area (Å²) in [7, 11) is 1.59. The number of carbonyl (C=O) groups excluding carboxylic acids is 3. The van der Waals surface area contributed by atoms with Crippen LogP contribution in [0.25, 0.3) is 10.4 Å². The van der Waals surface area contributed by atoms with Crippen molar-refractivity contribution in [2.24, 2.45) is 5.41 Å². The van der Waals surface area contributed by atoms with E-state index >= 15 is 0 Å². The molecule has 35 heavy (non-hydrogen) atoms. The molecule has 2 fully saturated rings. The number of aryl methyl sites for hydroxylation is 1. The maximum absolute atomic E-state index is 13.2. The van der Waals surface area contributed by atoms with Crippen molar-refractivity contribution in [1.29, 1.82) is 0 Å². The zero-order valence-electron chi connectivity index (χ0n) is 20.5. The molecule has 10 heteroatoms. The van der Waals surface area contributed by atoms with Crippen molar-refractivity contribution >= 4 is 29.1 Å². The van der Waals surface area contributed by atoms with Gasteiger partial charge in [-0.05, 0) is 31.9 Å². The molecule has 2 aliphatic heterocycles. The average molecular weight is 501 g/mol. The minimum Gasteiger partial charge on any atom is -0.391 e. The van der Waals surface area contributed by atoms with Crippen molar-refractivity contribution in [3.05, 3.63) is 41.0 Å². The lowest BCUT2D eigenvalue weighted by atomic mass is 9.86. The van der Waals surface area contributed by atoms with Gasteiger partial charge in [0.15, 0.2) is 0 Å². The van der Waals surface area contributed by atoms with Crippen molar-refractivity contribution < 1.29 is 24.2 Å². The molecule has 3 heterocycles. The molecule has 1 aromatic heterocycles. The Labute approximate surface area is 209 Å². The predicted molar refractivity (Wildman–Crippen MR) is 131 cm³/mol. The zero-order chi connectivity index (χ0) is 25.3.